The van der Waals surface area contributed by atoms with Gasteiger partial charge in [0.1, 0.15) is 0 Å². The van der Waals surface area contributed by atoms with E-state index >= 15 is 0 Å². The molecule has 0 aliphatic heterocycles. The van der Waals surface area contributed by atoms with E-state index in [4.69, 9.17) is 0 Å². The molecule has 0 radical (unpaired) electrons. The molecule has 0 aliphatic carbocycles. The summed E-state index contributed by atoms with van der Waals surface area (Å²) in [4.78, 5) is 28.0. The number of benzene rings is 2. The van der Waals surface area contributed by atoms with Crippen molar-refractivity contribution in [1.82, 2.24) is 9.55 Å². The maximum Gasteiger partial charge on any atom is 0.198 e. The Labute approximate surface area is 172 Å². The molecule has 0 fully saturated rings. The Hall–Kier alpha value is -2.98. The fourth-order valence-electron chi connectivity index (χ4n) is 2.82. The van der Waals surface area contributed by atoms with E-state index < -0.39 is 45.3 Å². The monoisotopic (exact) mass is 479 g/mol. The minimum atomic E-state index is -1.83. The Morgan fingerprint density at radius 3 is 2.48 bits per heavy atom. The van der Waals surface area contributed by atoms with Gasteiger partial charge in [0.2, 0.25) is 0 Å². The number of aromatic nitrogens is 2. The fourth-order valence-corrected chi connectivity index (χ4v) is 3.89. The third-order valence-electron chi connectivity index (χ3n) is 4.18. The van der Waals surface area contributed by atoms with E-state index in [0.29, 0.717) is 11.8 Å². The van der Waals surface area contributed by atoms with Crippen LogP contribution in [0.3, 0.4) is 0 Å². The van der Waals surface area contributed by atoms with Crippen molar-refractivity contribution in [3.8, 4) is 16.4 Å². The molecule has 2 aromatic carbocycles. The van der Waals surface area contributed by atoms with Crippen molar-refractivity contribution >= 4 is 44.1 Å². The predicted octanol–water partition coefficient (Wildman–Crippen LogP) is 3.66. The lowest BCUT2D eigenvalue weighted by molar-refractivity contribution is -0.255. The SMILES string of the molecule is O=C([O-])c1cn(-c2nc(-c3ccc(Br)cc3)cs2)c2c(F)c(F)c(F)cc2c1=O. The van der Waals surface area contributed by atoms with E-state index in [1.165, 1.54) is 0 Å². The third kappa shape index (κ3) is 3.23. The molecule has 0 saturated heterocycles. The lowest BCUT2D eigenvalue weighted by Crippen LogP contribution is -2.30. The summed E-state index contributed by atoms with van der Waals surface area (Å²) in [6.07, 6.45) is 0.796. The number of carbonyl (C=O) groups excluding carboxylic acids is 1. The van der Waals surface area contributed by atoms with Gasteiger partial charge in [-0.05, 0) is 18.2 Å². The molecule has 0 saturated carbocycles. The molecule has 0 atom stereocenters. The fraction of sp³-hybridized carbons (Fsp3) is 0. The second kappa shape index (κ2) is 7.12. The lowest BCUT2D eigenvalue weighted by Gasteiger charge is -2.13. The molecule has 0 spiro atoms. The van der Waals surface area contributed by atoms with Crippen LogP contribution in [0, 0.1) is 17.5 Å². The number of hydrogen-bond acceptors (Lipinski definition) is 5. The standard InChI is InChI=1S/C19H8BrF3N2O3S/c20-9-3-1-8(2-4-9)13-7-29-19(24-13)25-6-11(18(27)28)17(26)10-5-12(21)14(22)15(23)16(10)25/h1-7H,(H,27,28)/p-1. The number of nitrogens with zero attached hydrogens (tertiary/aromatic N) is 2. The van der Waals surface area contributed by atoms with Crippen LogP contribution in [0.5, 0.6) is 0 Å². The molecule has 2 aromatic heterocycles. The van der Waals surface area contributed by atoms with Crippen molar-refractivity contribution in [1.29, 1.82) is 0 Å². The summed E-state index contributed by atoms with van der Waals surface area (Å²) >= 11 is 4.32. The van der Waals surface area contributed by atoms with E-state index in [9.17, 15) is 27.9 Å². The molecule has 0 N–H and O–H groups in total. The van der Waals surface area contributed by atoms with Crippen LogP contribution in [-0.2, 0) is 0 Å². The molecule has 146 valence electrons. The van der Waals surface area contributed by atoms with Gasteiger partial charge in [-0.25, -0.2) is 18.2 Å². The highest BCUT2D eigenvalue weighted by atomic mass is 79.9. The van der Waals surface area contributed by atoms with Gasteiger partial charge in [-0.15, -0.1) is 11.3 Å². The normalized spacial score (nSPS) is 11.2. The van der Waals surface area contributed by atoms with E-state index in [2.05, 4.69) is 20.9 Å². The molecule has 0 unspecified atom stereocenters. The van der Waals surface area contributed by atoms with Gasteiger partial charge < -0.3 is 9.90 Å². The average molecular weight is 480 g/mol. The van der Waals surface area contributed by atoms with Gasteiger partial charge in [-0.1, -0.05) is 28.1 Å². The number of fused-ring (bicyclic) bond motifs is 1. The Bertz CT molecular complexity index is 1350. The maximum atomic E-state index is 14.5. The van der Waals surface area contributed by atoms with Crippen molar-refractivity contribution in [2.45, 2.75) is 0 Å². The molecule has 0 aliphatic rings. The quantitative estimate of drug-likeness (QED) is 0.420. The molecule has 10 heteroatoms. The molecule has 4 aromatic rings. The first-order valence-electron chi connectivity index (χ1n) is 7.94. The summed E-state index contributed by atoms with van der Waals surface area (Å²) in [6, 6.07) is 7.58. The minimum Gasteiger partial charge on any atom is -0.545 e. The maximum absolute atomic E-state index is 14.5. The largest absolute Gasteiger partial charge is 0.545 e. The number of thiazole rings is 1. The second-order valence-electron chi connectivity index (χ2n) is 5.93. The Kier molecular flexibility index (Phi) is 4.75. The van der Waals surface area contributed by atoms with E-state index in [1.54, 1.807) is 29.6 Å². The van der Waals surface area contributed by atoms with Crippen molar-refractivity contribution in [2.75, 3.05) is 0 Å². The number of hydrogen-bond donors (Lipinski definition) is 0. The first-order valence-corrected chi connectivity index (χ1v) is 9.61. The summed E-state index contributed by atoms with van der Waals surface area (Å²) in [6.45, 7) is 0. The predicted molar refractivity (Wildman–Crippen MR) is 103 cm³/mol. The Morgan fingerprint density at radius 2 is 1.83 bits per heavy atom. The van der Waals surface area contributed by atoms with E-state index in [1.807, 2.05) is 0 Å². The summed E-state index contributed by atoms with van der Waals surface area (Å²) in [5.41, 5.74) is -1.42. The van der Waals surface area contributed by atoms with Gasteiger partial charge in [-0.3, -0.25) is 9.36 Å². The van der Waals surface area contributed by atoms with Crippen LogP contribution in [-0.4, -0.2) is 15.5 Å². The van der Waals surface area contributed by atoms with Crippen LogP contribution >= 0.6 is 27.3 Å². The van der Waals surface area contributed by atoms with E-state index in [-0.39, 0.29) is 5.13 Å². The Morgan fingerprint density at radius 1 is 1.14 bits per heavy atom. The molecular formula is C19H7BrF3N2O3S-. The lowest BCUT2D eigenvalue weighted by atomic mass is 10.1. The van der Waals surface area contributed by atoms with Gasteiger partial charge >= 0.3 is 0 Å². The van der Waals surface area contributed by atoms with Crippen LogP contribution < -0.4 is 10.5 Å². The zero-order chi connectivity index (χ0) is 20.9. The van der Waals surface area contributed by atoms with Crippen molar-refractivity contribution in [2.24, 2.45) is 0 Å². The molecule has 4 rings (SSSR count). The van der Waals surface area contributed by atoms with Crippen LogP contribution in [0.15, 0.2) is 51.2 Å². The topological polar surface area (TPSA) is 75.0 Å². The molecule has 0 bridgehead atoms. The van der Waals surface area contributed by atoms with Crippen molar-refractivity contribution < 1.29 is 23.1 Å². The van der Waals surface area contributed by atoms with Gasteiger partial charge in [0.25, 0.3) is 0 Å². The van der Waals surface area contributed by atoms with Crippen LogP contribution in [0.4, 0.5) is 13.2 Å². The van der Waals surface area contributed by atoms with E-state index in [0.717, 1.165) is 32.1 Å². The highest BCUT2D eigenvalue weighted by Crippen LogP contribution is 2.29. The molecule has 2 heterocycles. The first kappa shape index (κ1) is 19.3. The highest BCUT2D eigenvalue weighted by molar-refractivity contribution is 9.10. The zero-order valence-electron chi connectivity index (χ0n) is 14.1. The van der Waals surface area contributed by atoms with Crippen LogP contribution in [0.25, 0.3) is 27.3 Å². The number of rotatable bonds is 3. The summed E-state index contributed by atoms with van der Waals surface area (Å²) in [5, 5.41) is 12.4. The molecule has 5 nitrogen and oxygen atoms in total. The van der Waals surface area contributed by atoms with Crippen LogP contribution in [0.1, 0.15) is 10.4 Å². The number of carboxylic acid groups (broad SMARTS) is 1. The van der Waals surface area contributed by atoms with Crippen molar-refractivity contribution in [3.05, 3.63) is 79.6 Å². The van der Waals surface area contributed by atoms with Gasteiger partial charge in [-0.2, -0.15) is 0 Å². The smallest absolute Gasteiger partial charge is 0.198 e. The molecule has 0 amide bonds. The number of carboxylic acids is 1. The summed E-state index contributed by atoms with van der Waals surface area (Å²) in [5.74, 6) is -6.84. The summed E-state index contributed by atoms with van der Waals surface area (Å²) in [7, 11) is 0. The van der Waals surface area contributed by atoms with Gasteiger partial charge in [0.15, 0.2) is 28.0 Å². The van der Waals surface area contributed by atoms with Crippen LogP contribution in [0.2, 0.25) is 0 Å². The highest BCUT2D eigenvalue weighted by Gasteiger charge is 2.22. The number of pyridine rings is 1. The average Bonchev–Trinajstić information content (AvgIpc) is 3.17. The minimum absolute atomic E-state index is 0.0559. The Balaban J connectivity index is 2.02. The number of carbonyl (C=O) groups is 1. The molecule has 29 heavy (non-hydrogen) atoms. The van der Waals surface area contributed by atoms with Gasteiger partial charge in [0, 0.05) is 21.6 Å². The number of aromatic carboxylic acids is 1. The second-order valence-corrected chi connectivity index (χ2v) is 7.69. The van der Waals surface area contributed by atoms with Crippen molar-refractivity contribution in [3.63, 3.8) is 0 Å². The third-order valence-corrected chi connectivity index (χ3v) is 5.55. The van der Waals surface area contributed by atoms with Gasteiger partial charge in [0.05, 0.1) is 28.1 Å². The summed E-state index contributed by atoms with van der Waals surface area (Å²) < 4.78 is 43.8. The number of halogens is 4. The first-order chi connectivity index (χ1) is 13.8. The molecular weight excluding hydrogens is 473 g/mol. The zero-order valence-corrected chi connectivity index (χ0v) is 16.5.